The van der Waals surface area contributed by atoms with Gasteiger partial charge in [-0.1, -0.05) is 152 Å². The lowest BCUT2D eigenvalue weighted by Crippen LogP contribution is -2.38. The number of carbonyl (C=O) groups is 4. The third-order valence-corrected chi connectivity index (χ3v) is 23.3. The van der Waals surface area contributed by atoms with E-state index in [-0.39, 0.29) is 94.0 Å². The number of nitrogens with zero attached hydrogens (tertiary/aromatic N) is 14. The minimum atomic E-state index is -1.10. The van der Waals surface area contributed by atoms with Gasteiger partial charge in [0, 0.05) is 71.1 Å². The SMILES string of the molecule is CN(CCCC(=O)Nc1ncnc2c1ncn2[C@H]1C[C@H](O)[C@@H](CO)O1)C(=O)OCC1c2ccccc2-c2ccccc21.COc1ccc(C(OC[C@H]2O[C@@H](n3cnc4c(NC(=O)CCCN(C)C(=O)OCC5c6ccccc6-c6ccccc65)ncnc43)C[C@@H]2O)(c2ccccc2)c2ccc(OC)cc2)cc1.Nc1ncnc2c1ncn2[C@H]1C[C@H](O)[C@@H](CO)O1. The van der Waals surface area contributed by atoms with Crippen LogP contribution in [0, 0.1) is 0 Å². The molecule has 3 fully saturated rings. The van der Waals surface area contributed by atoms with Gasteiger partial charge in [-0.2, -0.15) is 0 Å². The van der Waals surface area contributed by atoms with Gasteiger partial charge in [0.15, 0.2) is 45.4 Å². The van der Waals surface area contributed by atoms with Gasteiger partial charge in [-0.05, 0) is 98.3 Å². The lowest BCUT2D eigenvalue weighted by atomic mass is 9.80. The third kappa shape index (κ3) is 18.0. The van der Waals surface area contributed by atoms with Gasteiger partial charge >= 0.3 is 12.2 Å². The number of nitrogens with two attached hydrogens (primary N) is 1. The molecule has 3 saturated heterocycles. The van der Waals surface area contributed by atoms with Crippen molar-refractivity contribution in [2.24, 2.45) is 0 Å². The van der Waals surface area contributed by atoms with Crippen LogP contribution in [0.1, 0.15) is 114 Å². The maximum atomic E-state index is 13.2. The number of nitrogens with one attached hydrogen (secondary N) is 2. The normalized spacial score (nSPS) is 19.3. The van der Waals surface area contributed by atoms with E-state index in [9.17, 15) is 39.6 Å². The van der Waals surface area contributed by atoms with E-state index in [2.05, 4.69) is 104 Å². The summed E-state index contributed by atoms with van der Waals surface area (Å²) in [5, 5.41) is 55.3. The number of fused-ring (bicyclic) bond motifs is 9. The lowest BCUT2D eigenvalue weighted by molar-refractivity contribution is -0.117. The zero-order chi connectivity index (χ0) is 86.8. The number of ether oxygens (including phenoxy) is 8. The first-order valence-electron chi connectivity index (χ1n) is 41.1. The van der Waals surface area contributed by atoms with Crippen LogP contribution < -0.4 is 25.8 Å². The Hall–Kier alpha value is -13.3. The summed E-state index contributed by atoms with van der Waals surface area (Å²) in [7, 11) is 6.57. The molecule has 0 unspecified atom stereocenters. The number of hydrogen-bond acceptors (Lipinski definition) is 27. The van der Waals surface area contributed by atoms with Gasteiger partial charge in [-0.15, -0.1) is 0 Å². The zero-order valence-corrected chi connectivity index (χ0v) is 68.9. The molecule has 18 rings (SSSR count). The van der Waals surface area contributed by atoms with Crippen LogP contribution in [0.5, 0.6) is 11.5 Å². The molecule has 125 heavy (non-hydrogen) atoms. The Morgan fingerprint density at radius 3 is 1.19 bits per heavy atom. The minimum Gasteiger partial charge on any atom is -0.497 e. The van der Waals surface area contributed by atoms with Crippen molar-refractivity contribution in [3.05, 3.63) is 253 Å². The summed E-state index contributed by atoms with van der Waals surface area (Å²) in [6.45, 7) is 0.627. The molecule has 0 spiro atoms. The van der Waals surface area contributed by atoms with Crippen LogP contribution in [0.25, 0.3) is 55.7 Å². The summed E-state index contributed by atoms with van der Waals surface area (Å²) in [6.07, 6.45) is 3.81. The number of aliphatic hydroxyl groups excluding tert-OH is 5. The summed E-state index contributed by atoms with van der Waals surface area (Å²) in [4.78, 5) is 92.8. The highest BCUT2D eigenvalue weighted by atomic mass is 16.6. The predicted molar refractivity (Wildman–Crippen MR) is 458 cm³/mol. The van der Waals surface area contributed by atoms with Crippen LogP contribution >= 0.6 is 0 Å². The Kier molecular flexibility index (Phi) is 26.1. The van der Waals surface area contributed by atoms with E-state index in [1.165, 1.54) is 46.2 Å². The average molecular weight is 1700 g/mol. The molecule has 0 bridgehead atoms. The number of aromatic nitrogens is 12. The zero-order valence-electron chi connectivity index (χ0n) is 68.9. The van der Waals surface area contributed by atoms with Gasteiger partial charge in [0.05, 0.1) is 71.3 Å². The van der Waals surface area contributed by atoms with Crippen molar-refractivity contribution in [3.63, 3.8) is 0 Å². The van der Waals surface area contributed by atoms with Crippen LogP contribution in [0.3, 0.4) is 0 Å². The third-order valence-electron chi connectivity index (χ3n) is 23.3. The summed E-state index contributed by atoms with van der Waals surface area (Å²) >= 11 is 0. The molecule has 34 heteroatoms. The molecule has 9 N–H and O–H groups in total. The van der Waals surface area contributed by atoms with Crippen LogP contribution in [0.2, 0.25) is 0 Å². The first-order chi connectivity index (χ1) is 60.9. The fraction of sp³-hybridized carbons (Fsp3) is 0.330. The van der Waals surface area contributed by atoms with E-state index in [4.69, 9.17) is 48.7 Å². The van der Waals surface area contributed by atoms with E-state index < -0.39 is 73.1 Å². The second kappa shape index (κ2) is 38.2. The second-order valence-electron chi connectivity index (χ2n) is 30.9. The van der Waals surface area contributed by atoms with Crippen LogP contribution in [-0.4, -0.2) is 229 Å². The fourth-order valence-electron chi connectivity index (χ4n) is 16.7. The first-order valence-corrected chi connectivity index (χ1v) is 41.1. The molecule has 7 aromatic carbocycles. The van der Waals surface area contributed by atoms with Crippen molar-refractivity contribution in [1.29, 1.82) is 0 Å². The fourth-order valence-corrected chi connectivity index (χ4v) is 16.7. The Morgan fingerprint density at radius 1 is 0.448 bits per heavy atom. The molecule has 5 aliphatic rings. The highest BCUT2D eigenvalue weighted by Gasteiger charge is 2.44. The molecule has 2 aliphatic carbocycles. The van der Waals surface area contributed by atoms with Gasteiger partial charge < -0.3 is 89.6 Å². The van der Waals surface area contributed by atoms with Crippen molar-refractivity contribution < 1.29 is 82.6 Å². The smallest absolute Gasteiger partial charge is 0.409 e. The summed E-state index contributed by atoms with van der Waals surface area (Å²) in [5.41, 5.74) is 19.1. The second-order valence-corrected chi connectivity index (χ2v) is 30.9. The molecule has 6 aromatic heterocycles. The number of benzene rings is 7. The standard InChI is InChI=1S/C51H50N6O8.C30H32N6O6.C10H13N5O3/c1-56(50(60)63-29-42-40-16-9-7-14-38(40)39-15-8-10-17-41(39)42)27-11-18-45(59)55-48-47-49(53-31-52-48)57(32-54-47)46-28-43(58)44(65-46)30-64-51(33-12-5-4-6-13-33,34-19-23-36(61-2)24-20-34)35-21-25-37(62-3)26-22-35;1-35(30(40)41-15-22-20-9-4-2-7-18(20)19-8-3-5-10-21(19)22)12-6-11-25(39)34-28-27-29(32-16-31-28)36(17-33-27)26-13-23(38)24(14-37)42-26;11-9-8-10(13-3-12-9)15(4-14-8)7-1-5(17)6(2-16)18-7/h4-10,12-17,19-26,31-32,42-44,46,58H,11,18,27-30H2,1-3H3,(H,52,53,55,59);2-5,7-10,16-17,22-24,26,37-38H,6,11-15H2,1H3,(H,31,32,34,39);3-7,16-17H,1-2H2,(H2,11,12,13)/t43-,44+,46+;23-,24+,26+;5-,6+,7+/m000/s1. The van der Waals surface area contributed by atoms with Gasteiger partial charge in [-0.3, -0.25) is 23.3 Å². The molecule has 9 heterocycles. The quantitative estimate of drug-likeness (QED) is 0.0222. The van der Waals surface area contributed by atoms with Gasteiger partial charge in [0.25, 0.3) is 0 Å². The number of aliphatic hydroxyl groups is 5. The first kappa shape index (κ1) is 85.3. The number of carbonyl (C=O) groups excluding carboxylic acids is 4. The Morgan fingerprint density at radius 2 is 0.800 bits per heavy atom. The summed E-state index contributed by atoms with van der Waals surface area (Å²) < 4.78 is 52.3. The molecular weight excluding hydrogens is 1600 g/mol. The van der Waals surface area contributed by atoms with Crippen molar-refractivity contribution in [1.82, 2.24) is 68.4 Å². The van der Waals surface area contributed by atoms with Crippen LogP contribution in [0.4, 0.5) is 27.0 Å². The topological polar surface area (TPSA) is 431 Å². The highest BCUT2D eigenvalue weighted by molar-refractivity contribution is 5.98. The number of amides is 4. The molecule has 0 saturated carbocycles. The molecule has 646 valence electrons. The lowest BCUT2D eigenvalue weighted by Gasteiger charge is -2.37. The summed E-state index contributed by atoms with van der Waals surface area (Å²) in [6, 6.07) is 58.2. The van der Waals surface area contributed by atoms with E-state index >= 15 is 0 Å². The molecule has 4 amide bonds. The van der Waals surface area contributed by atoms with E-state index in [1.54, 1.807) is 54.7 Å². The molecule has 0 radical (unpaired) electrons. The maximum Gasteiger partial charge on any atom is 0.409 e. The van der Waals surface area contributed by atoms with E-state index in [0.29, 0.717) is 83.2 Å². The molecule has 9 atom stereocenters. The number of rotatable bonds is 27. The van der Waals surface area contributed by atoms with E-state index in [1.807, 2.05) is 127 Å². The van der Waals surface area contributed by atoms with Gasteiger partial charge in [0.1, 0.15) is 91.8 Å². The van der Waals surface area contributed by atoms with E-state index in [0.717, 1.165) is 50.1 Å². The highest BCUT2D eigenvalue weighted by Crippen LogP contribution is 2.48. The van der Waals surface area contributed by atoms with Crippen molar-refractivity contribution in [3.8, 4) is 33.8 Å². The molecule has 34 nitrogen and oxygen atoms in total. The largest absolute Gasteiger partial charge is 0.497 e. The Bertz CT molecular complexity index is 5830. The predicted octanol–water partition coefficient (Wildman–Crippen LogP) is 10.2. The van der Waals surface area contributed by atoms with Crippen LogP contribution in [0.15, 0.2) is 214 Å². The van der Waals surface area contributed by atoms with Gasteiger partial charge in [-0.25, -0.2) is 54.4 Å². The van der Waals surface area contributed by atoms with Gasteiger partial charge in [0.2, 0.25) is 11.8 Å². The average Bonchev–Trinajstić information content (AvgIpc) is 1.75. The number of nitrogen functional groups attached to an aromatic ring is 1. The monoisotopic (exact) mass is 1700 g/mol. The molecular formula is C91H95N17O17. The molecule has 3 aliphatic heterocycles. The van der Waals surface area contributed by atoms with Crippen LogP contribution in [-0.2, 0) is 43.6 Å². The van der Waals surface area contributed by atoms with Crippen molar-refractivity contribution in [2.75, 3.05) is 90.8 Å². The Balaban J connectivity index is 0.000000162. The Labute approximate surface area is 717 Å². The van der Waals surface area contributed by atoms with Crippen molar-refractivity contribution in [2.45, 2.75) is 118 Å². The van der Waals surface area contributed by atoms with Crippen molar-refractivity contribution >= 4 is 74.9 Å². The number of anilines is 3. The number of imidazole rings is 3. The minimum absolute atomic E-state index is 0.0184. The maximum absolute atomic E-state index is 13.2. The summed E-state index contributed by atoms with van der Waals surface area (Å²) in [5.74, 6) is 1.59. The molecule has 13 aromatic rings. The number of methoxy groups -OCH3 is 2. The number of hydrogen-bond donors (Lipinski definition) is 8.